The van der Waals surface area contributed by atoms with E-state index in [0.717, 1.165) is 6.26 Å². The first-order valence-corrected chi connectivity index (χ1v) is 12.4. The second-order valence-corrected chi connectivity index (χ2v) is 11.0. The molecule has 0 saturated heterocycles. The number of benzene rings is 2. The van der Waals surface area contributed by atoms with E-state index >= 15 is 0 Å². The number of carbonyl (C=O) groups is 3. The topological polar surface area (TPSA) is 109 Å². The molecule has 9 heteroatoms. The number of rotatable bonds is 8. The first-order chi connectivity index (χ1) is 14.4. The second-order valence-electron chi connectivity index (χ2n) is 7.99. The Morgan fingerprint density at radius 1 is 0.968 bits per heavy atom. The molecule has 2 amide bonds. The van der Waals surface area contributed by atoms with Gasteiger partial charge in [0, 0.05) is 22.3 Å². The summed E-state index contributed by atoms with van der Waals surface area (Å²) in [5.74, 6) is -0.695. The number of thioether (sulfide) groups is 1. The predicted octanol–water partition coefficient (Wildman–Crippen LogP) is 3.17. The van der Waals surface area contributed by atoms with E-state index in [1.54, 1.807) is 45.0 Å². The number of hydrogen-bond donors (Lipinski definition) is 2. The van der Waals surface area contributed by atoms with E-state index in [1.807, 2.05) is 0 Å². The van der Waals surface area contributed by atoms with E-state index < -0.39 is 15.3 Å². The fourth-order valence-corrected chi connectivity index (χ4v) is 3.91. The number of Topliss-reactive ketones (excluding diaryl/α,β-unsaturated/α-hetero) is 1. The predicted molar refractivity (Wildman–Crippen MR) is 122 cm³/mol. The van der Waals surface area contributed by atoms with Crippen LogP contribution in [0.1, 0.15) is 31.1 Å². The van der Waals surface area contributed by atoms with Gasteiger partial charge in [-0.1, -0.05) is 32.9 Å². The number of anilines is 1. The largest absolute Gasteiger partial charge is 0.345 e. The van der Waals surface area contributed by atoms with E-state index in [0.29, 0.717) is 16.1 Å². The zero-order valence-electron chi connectivity index (χ0n) is 17.9. The van der Waals surface area contributed by atoms with Gasteiger partial charge < -0.3 is 10.6 Å². The fraction of sp³-hybridized carbons (Fsp3) is 0.318. The van der Waals surface area contributed by atoms with Crippen LogP contribution in [0.3, 0.4) is 0 Å². The molecule has 0 aliphatic heterocycles. The standard InChI is InChI=1S/C22H26N2O5S2/c1-22(2,3)19(25)13-23-21(27)17-7-5-6-8-18(17)30-14-20(26)24-15-9-11-16(12-10-15)31(4,28)29/h5-12H,13-14H2,1-4H3,(H,23,27)(H,24,26). The van der Waals surface area contributed by atoms with Crippen LogP contribution in [0.2, 0.25) is 0 Å². The first-order valence-electron chi connectivity index (χ1n) is 9.51. The summed E-state index contributed by atoms with van der Waals surface area (Å²) in [5.41, 5.74) is 0.323. The van der Waals surface area contributed by atoms with Gasteiger partial charge in [0.25, 0.3) is 5.91 Å². The van der Waals surface area contributed by atoms with Crippen molar-refractivity contribution in [3.8, 4) is 0 Å². The van der Waals surface area contributed by atoms with Gasteiger partial charge in [0.05, 0.1) is 22.8 Å². The van der Waals surface area contributed by atoms with Crippen LogP contribution in [-0.2, 0) is 19.4 Å². The highest BCUT2D eigenvalue weighted by atomic mass is 32.2. The molecule has 0 saturated carbocycles. The monoisotopic (exact) mass is 462 g/mol. The van der Waals surface area contributed by atoms with Crippen molar-refractivity contribution in [2.24, 2.45) is 5.41 Å². The Morgan fingerprint density at radius 3 is 2.16 bits per heavy atom. The molecule has 0 atom stereocenters. The van der Waals surface area contributed by atoms with Crippen molar-refractivity contribution in [2.45, 2.75) is 30.6 Å². The lowest BCUT2D eigenvalue weighted by molar-refractivity contribution is -0.125. The lowest BCUT2D eigenvalue weighted by Gasteiger charge is -2.17. The highest BCUT2D eigenvalue weighted by Gasteiger charge is 2.22. The molecule has 0 aliphatic rings. The normalized spacial score (nSPS) is 11.6. The van der Waals surface area contributed by atoms with Gasteiger partial charge in [-0.05, 0) is 36.4 Å². The summed E-state index contributed by atoms with van der Waals surface area (Å²) in [6.07, 6.45) is 1.11. The minimum atomic E-state index is -3.30. The van der Waals surface area contributed by atoms with Gasteiger partial charge in [-0.2, -0.15) is 0 Å². The van der Waals surface area contributed by atoms with Gasteiger partial charge in [-0.15, -0.1) is 11.8 Å². The lowest BCUT2D eigenvalue weighted by atomic mass is 9.91. The maximum atomic E-state index is 12.5. The Labute approximate surface area is 186 Å². The molecule has 0 spiro atoms. The van der Waals surface area contributed by atoms with E-state index in [-0.39, 0.29) is 34.8 Å². The summed E-state index contributed by atoms with van der Waals surface area (Å²) in [4.78, 5) is 37.6. The zero-order chi connectivity index (χ0) is 23.2. The molecule has 0 heterocycles. The zero-order valence-corrected chi connectivity index (χ0v) is 19.5. The van der Waals surface area contributed by atoms with Crippen LogP contribution in [0.15, 0.2) is 58.3 Å². The molecule has 0 fully saturated rings. The van der Waals surface area contributed by atoms with Crippen LogP contribution >= 0.6 is 11.8 Å². The molecule has 2 aromatic rings. The number of sulfone groups is 1. The SMILES string of the molecule is CC(C)(C)C(=O)CNC(=O)c1ccccc1SCC(=O)Nc1ccc(S(C)(=O)=O)cc1. The fourth-order valence-electron chi connectivity index (χ4n) is 2.43. The Bertz CT molecular complexity index is 1070. The second kappa shape index (κ2) is 10.1. The van der Waals surface area contributed by atoms with Crippen molar-refractivity contribution in [1.82, 2.24) is 5.32 Å². The molecule has 0 radical (unpaired) electrons. The van der Waals surface area contributed by atoms with Gasteiger partial charge >= 0.3 is 0 Å². The summed E-state index contributed by atoms with van der Waals surface area (Å²) in [6.45, 7) is 5.31. The molecule has 2 N–H and O–H groups in total. The lowest BCUT2D eigenvalue weighted by Crippen LogP contribution is -2.35. The summed E-state index contributed by atoms with van der Waals surface area (Å²) in [6, 6.07) is 12.8. The molecule has 166 valence electrons. The molecule has 0 aliphatic carbocycles. The number of carbonyl (C=O) groups excluding carboxylic acids is 3. The van der Waals surface area contributed by atoms with Crippen LogP contribution in [-0.4, -0.2) is 44.6 Å². The molecule has 7 nitrogen and oxygen atoms in total. The van der Waals surface area contributed by atoms with E-state index in [1.165, 1.54) is 36.0 Å². The van der Waals surface area contributed by atoms with Crippen LogP contribution in [0.5, 0.6) is 0 Å². The molecular weight excluding hydrogens is 436 g/mol. The molecule has 2 rings (SSSR count). The van der Waals surface area contributed by atoms with Crippen molar-refractivity contribution in [2.75, 3.05) is 23.9 Å². The van der Waals surface area contributed by atoms with Gasteiger partial charge in [-0.25, -0.2) is 8.42 Å². The molecule has 0 aromatic heterocycles. The van der Waals surface area contributed by atoms with Crippen molar-refractivity contribution in [3.63, 3.8) is 0 Å². The number of nitrogens with one attached hydrogen (secondary N) is 2. The van der Waals surface area contributed by atoms with Crippen LogP contribution in [0, 0.1) is 5.41 Å². The van der Waals surface area contributed by atoms with Crippen molar-refractivity contribution < 1.29 is 22.8 Å². The summed E-state index contributed by atoms with van der Waals surface area (Å²) < 4.78 is 23.0. The molecule has 2 aromatic carbocycles. The summed E-state index contributed by atoms with van der Waals surface area (Å²) in [5, 5.41) is 5.34. The Balaban J connectivity index is 1.97. The highest BCUT2D eigenvalue weighted by molar-refractivity contribution is 8.00. The number of hydrogen-bond acceptors (Lipinski definition) is 6. The average Bonchev–Trinajstić information content (AvgIpc) is 2.69. The minimum Gasteiger partial charge on any atom is -0.345 e. The maximum absolute atomic E-state index is 12.5. The summed E-state index contributed by atoms with van der Waals surface area (Å²) >= 11 is 1.20. The third-order valence-corrected chi connectivity index (χ3v) is 6.50. The van der Waals surface area contributed by atoms with Crippen LogP contribution < -0.4 is 10.6 Å². The number of ketones is 1. The quantitative estimate of drug-likeness (QED) is 0.583. The minimum absolute atomic E-state index is 0.0546. The number of amides is 2. The van der Waals surface area contributed by atoms with Crippen molar-refractivity contribution in [3.05, 3.63) is 54.1 Å². The first kappa shape index (κ1) is 24.6. The third kappa shape index (κ3) is 7.52. The molecule has 0 bridgehead atoms. The highest BCUT2D eigenvalue weighted by Crippen LogP contribution is 2.23. The van der Waals surface area contributed by atoms with Gasteiger partial charge in [0.15, 0.2) is 15.6 Å². The average molecular weight is 463 g/mol. The van der Waals surface area contributed by atoms with Crippen LogP contribution in [0.4, 0.5) is 5.69 Å². The van der Waals surface area contributed by atoms with E-state index in [9.17, 15) is 22.8 Å². The molecule has 31 heavy (non-hydrogen) atoms. The van der Waals surface area contributed by atoms with Crippen molar-refractivity contribution in [1.29, 1.82) is 0 Å². The van der Waals surface area contributed by atoms with Gasteiger partial charge in [0.2, 0.25) is 5.91 Å². The van der Waals surface area contributed by atoms with Gasteiger partial charge in [0.1, 0.15) is 0 Å². The van der Waals surface area contributed by atoms with E-state index in [2.05, 4.69) is 10.6 Å². The summed E-state index contributed by atoms with van der Waals surface area (Å²) in [7, 11) is -3.30. The Kier molecular flexibility index (Phi) is 8.02. The smallest absolute Gasteiger partial charge is 0.252 e. The van der Waals surface area contributed by atoms with Gasteiger partial charge in [-0.3, -0.25) is 14.4 Å². The maximum Gasteiger partial charge on any atom is 0.252 e. The molecule has 0 unspecified atom stereocenters. The van der Waals surface area contributed by atoms with E-state index in [4.69, 9.17) is 0 Å². The van der Waals surface area contributed by atoms with Crippen molar-refractivity contribution >= 4 is 44.9 Å². The Hall–Kier alpha value is -2.65. The third-order valence-electron chi connectivity index (χ3n) is 4.30. The van der Waals surface area contributed by atoms with Crippen LogP contribution in [0.25, 0.3) is 0 Å². The molecular formula is C22H26N2O5S2. The Morgan fingerprint density at radius 2 is 1.58 bits per heavy atom.